The molecule has 3 rings (SSSR count). The van der Waals surface area contributed by atoms with Crippen LogP contribution in [-0.4, -0.2) is 37.9 Å². The molecule has 21 heavy (non-hydrogen) atoms. The third-order valence-electron chi connectivity index (χ3n) is 4.20. The van der Waals surface area contributed by atoms with Crippen molar-refractivity contribution in [3.05, 3.63) is 48.0 Å². The van der Waals surface area contributed by atoms with Crippen LogP contribution < -0.4 is 0 Å². The summed E-state index contributed by atoms with van der Waals surface area (Å²) in [5, 5.41) is 18.8. The molecule has 1 unspecified atom stereocenters. The Morgan fingerprint density at radius 1 is 1.24 bits per heavy atom. The number of hydrogen-bond donors (Lipinski definition) is 1. The Labute approximate surface area is 125 Å². The van der Waals surface area contributed by atoms with E-state index in [1.165, 1.54) is 0 Å². The second-order valence-corrected chi connectivity index (χ2v) is 6.45. The minimum Gasteiger partial charge on any atom is -0.388 e. The second kappa shape index (κ2) is 5.58. The summed E-state index contributed by atoms with van der Waals surface area (Å²) in [6, 6.07) is 9.88. The lowest BCUT2D eigenvalue weighted by molar-refractivity contribution is 0.0134. The fraction of sp³-hybridized carbons (Fsp3) is 0.500. The highest BCUT2D eigenvalue weighted by Crippen LogP contribution is 2.34. The maximum absolute atomic E-state index is 10.7. The molecule has 1 aromatic heterocycles. The molecule has 1 aliphatic rings. The highest BCUT2D eigenvalue weighted by molar-refractivity contribution is 5.19. The maximum Gasteiger partial charge on any atom is 0.147 e. The van der Waals surface area contributed by atoms with E-state index >= 15 is 0 Å². The van der Waals surface area contributed by atoms with Gasteiger partial charge in [-0.05, 0) is 5.56 Å². The SMILES string of the molecule is CC(C)(CN1CCn2cnnc2C1)C(O)c1ccccc1. The molecule has 112 valence electrons. The fourth-order valence-electron chi connectivity index (χ4n) is 3.00. The zero-order valence-electron chi connectivity index (χ0n) is 12.6. The molecule has 5 nitrogen and oxygen atoms in total. The molecule has 5 heteroatoms. The second-order valence-electron chi connectivity index (χ2n) is 6.45. The smallest absolute Gasteiger partial charge is 0.147 e. The van der Waals surface area contributed by atoms with Gasteiger partial charge >= 0.3 is 0 Å². The van der Waals surface area contributed by atoms with Crippen molar-refractivity contribution in [2.24, 2.45) is 5.41 Å². The normalized spacial score (nSPS) is 17.5. The van der Waals surface area contributed by atoms with Crippen LogP contribution in [0.5, 0.6) is 0 Å². The van der Waals surface area contributed by atoms with E-state index in [2.05, 4.69) is 33.5 Å². The van der Waals surface area contributed by atoms with E-state index in [1.54, 1.807) is 6.33 Å². The minimum atomic E-state index is -0.474. The molecule has 0 radical (unpaired) electrons. The van der Waals surface area contributed by atoms with E-state index in [0.717, 1.165) is 37.6 Å². The Morgan fingerprint density at radius 2 is 2.00 bits per heavy atom. The van der Waals surface area contributed by atoms with E-state index in [0.29, 0.717) is 0 Å². The van der Waals surface area contributed by atoms with Gasteiger partial charge in [-0.25, -0.2) is 0 Å². The van der Waals surface area contributed by atoms with Crippen molar-refractivity contribution in [1.82, 2.24) is 19.7 Å². The molecular weight excluding hydrogens is 264 g/mol. The fourth-order valence-corrected chi connectivity index (χ4v) is 3.00. The summed E-state index contributed by atoms with van der Waals surface area (Å²) in [6.45, 7) is 7.74. The third kappa shape index (κ3) is 2.99. The quantitative estimate of drug-likeness (QED) is 0.932. The number of aliphatic hydroxyl groups is 1. The van der Waals surface area contributed by atoms with Gasteiger partial charge in [-0.3, -0.25) is 4.90 Å². The Morgan fingerprint density at radius 3 is 2.76 bits per heavy atom. The van der Waals surface area contributed by atoms with Crippen molar-refractivity contribution in [2.75, 3.05) is 13.1 Å². The van der Waals surface area contributed by atoms with Crippen LogP contribution in [0, 0.1) is 5.41 Å². The largest absolute Gasteiger partial charge is 0.388 e. The molecule has 0 spiro atoms. The van der Waals surface area contributed by atoms with Crippen molar-refractivity contribution in [2.45, 2.75) is 33.0 Å². The van der Waals surface area contributed by atoms with E-state index in [-0.39, 0.29) is 5.41 Å². The first-order chi connectivity index (χ1) is 10.1. The molecule has 1 aromatic carbocycles. The summed E-state index contributed by atoms with van der Waals surface area (Å²) in [5.74, 6) is 1.01. The number of aliphatic hydroxyl groups excluding tert-OH is 1. The van der Waals surface area contributed by atoms with Crippen LogP contribution in [0.3, 0.4) is 0 Å². The summed E-state index contributed by atoms with van der Waals surface area (Å²) in [5.41, 5.74) is 0.756. The molecule has 0 saturated carbocycles. The first-order valence-corrected chi connectivity index (χ1v) is 7.38. The van der Waals surface area contributed by atoms with E-state index in [9.17, 15) is 5.11 Å². The highest BCUT2D eigenvalue weighted by Gasteiger charge is 2.32. The lowest BCUT2D eigenvalue weighted by atomic mass is 9.82. The lowest BCUT2D eigenvalue weighted by Crippen LogP contribution is -2.42. The molecule has 1 atom stereocenters. The maximum atomic E-state index is 10.7. The van der Waals surface area contributed by atoms with E-state index in [4.69, 9.17) is 0 Å². The first-order valence-electron chi connectivity index (χ1n) is 7.38. The van der Waals surface area contributed by atoms with Gasteiger partial charge in [0.25, 0.3) is 0 Å². The number of nitrogens with zero attached hydrogens (tertiary/aromatic N) is 4. The number of fused-ring (bicyclic) bond motifs is 1. The van der Waals surface area contributed by atoms with E-state index < -0.39 is 6.10 Å². The Kier molecular flexibility index (Phi) is 3.78. The molecule has 1 aliphatic heterocycles. The molecule has 0 bridgehead atoms. The predicted molar refractivity (Wildman–Crippen MR) is 80.5 cm³/mol. The number of aromatic nitrogens is 3. The molecule has 2 heterocycles. The molecule has 0 amide bonds. The summed E-state index contributed by atoms with van der Waals surface area (Å²) in [6.07, 6.45) is 1.31. The van der Waals surface area contributed by atoms with Crippen LogP contribution >= 0.6 is 0 Å². The van der Waals surface area contributed by atoms with Gasteiger partial charge in [0.2, 0.25) is 0 Å². The highest BCUT2D eigenvalue weighted by atomic mass is 16.3. The Balaban J connectivity index is 1.69. The van der Waals surface area contributed by atoms with Gasteiger partial charge in [0.1, 0.15) is 12.2 Å². The average molecular weight is 286 g/mol. The summed E-state index contributed by atoms with van der Waals surface area (Å²) in [7, 11) is 0. The van der Waals surface area contributed by atoms with Crippen molar-refractivity contribution in [3.63, 3.8) is 0 Å². The van der Waals surface area contributed by atoms with Crippen LogP contribution in [0.25, 0.3) is 0 Å². The van der Waals surface area contributed by atoms with Crippen LogP contribution in [0.4, 0.5) is 0 Å². The standard InChI is InChI=1S/C16H22N4O/c1-16(2,15(21)13-6-4-3-5-7-13)11-19-8-9-20-12-17-18-14(20)10-19/h3-7,12,15,21H,8-11H2,1-2H3. The van der Waals surface area contributed by atoms with Crippen LogP contribution in [0.15, 0.2) is 36.7 Å². The van der Waals surface area contributed by atoms with Crippen molar-refractivity contribution >= 4 is 0 Å². The van der Waals surface area contributed by atoms with Crippen LogP contribution in [-0.2, 0) is 13.1 Å². The van der Waals surface area contributed by atoms with Gasteiger partial charge in [0.15, 0.2) is 0 Å². The Hall–Kier alpha value is -1.72. The summed E-state index contributed by atoms with van der Waals surface area (Å²) >= 11 is 0. The molecular formula is C16H22N4O. The zero-order chi connectivity index (χ0) is 14.9. The van der Waals surface area contributed by atoms with Crippen molar-refractivity contribution in [1.29, 1.82) is 0 Å². The van der Waals surface area contributed by atoms with Crippen molar-refractivity contribution in [3.8, 4) is 0 Å². The zero-order valence-corrected chi connectivity index (χ0v) is 12.6. The van der Waals surface area contributed by atoms with Gasteiger partial charge in [-0.1, -0.05) is 44.2 Å². The third-order valence-corrected chi connectivity index (χ3v) is 4.20. The predicted octanol–water partition coefficient (Wildman–Crippen LogP) is 1.85. The van der Waals surface area contributed by atoms with Gasteiger partial charge < -0.3 is 9.67 Å². The number of benzene rings is 1. The number of rotatable bonds is 4. The van der Waals surface area contributed by atoms with Crippen molar-refractivity contribution < 1.29 is 5.11 Å². The first kappa shape index (κ1) is 14.2. The average Bonchev–Trinajstić information content (AvgIpc) is 2.94. The minimum absolute atomic E-state index is 0.219. The van der Waals surface area contributed by atoms with Gasteiger partial charge in [0.05, 0.1) is 12.6 Å². The molecule has 0 saturated heterocycles. The Bertz CT molecular complexity index is 593. The van der Waals surface area contributed by atoms with E-state index in [1.807, 2.05) is 30.3 Å². The van der Waals surface area contributed by atoms with Gasteiger partial charge in [-0.15, -0.1) is 10.2 Å². The molecule has 0 fully saturated rings. The molecule has 2 aromatic rings. The lowest BCUT2D eigenvalue weighted by Gasteiger charge is -2.37. The summed E-state index contributed by atoms with van der Waals surface area (Å²) < 4.78 is 2.09. The van der Waals surface area contributed by atoms with Crippen LogP contribution in [0.1, 0.15) is 31.3 Å². The topological polar surface area (TPSA) is 54.2 Å². The number of hydrogen-bond acceptors (Lipinski definition) is 4. The van der Waals surface area contributed by atoms with Gasteiger partial charge in [0, 0.05) is 25.0 Å². The molecule has 1 N–H and O–H groups in total. The van der Waals surface area contributed by atoms with Crippen LogP contribution in [0.2, 0.25) is 0 Å². The molecule has 0 aliphatic carbocycles. The van der Waals surface area contributed by atoms with Gasteiger partial charge in [-0.2, -0.15) is 0 Å². The summed E-state index contributed by atoms with van der Waals surface area (Å²) in [4.78, 5) is 2.34. The monoisotopic (exact) mass is 286 g/mol.